The molecule has 0 radical (unpaired) electrons. The van der Waals surface area contributed by atoms with Gasteiger partial charge >= 0.3 is 0 Å². The van der Waals surface area contributed by atoms with Gasteiger partial charge in [0.05, 0.1) is 10.1 Å². The van der Waals surface area contributed by atoms with Crippen molar-refractivity contribution in [3.8, 4) is 0 Å². The van der Waals surface area contributed by atoms with Crippen LogP contribution in [0.1, 0.15) is 38.2 Å². The van der Waals surface area contributed by atoms with E-state index in [0.717, 1.165) is 31.2 Å². The summed E-state index contributed by atoms with van der Waals surface area (Å²) in [6.45, 7) is 2.22. The van der Waals surface area contributed by atoms with Gasteiger partial charge in [0.15, 0.2) is 0 Å². The molecular weight excluding hydrogens is 283 g/mol. The summed E-state index contributed by atoms with van der Waals surface area (Å²) < 4.78 is 13.9. The normalized spacial score (nSPS) is 29.3. The van der Waals surface area contributed by atoms with Crippen molar-refractivity contribution in [2.24, 2.45) is 5.92 Å². The molecule has 94 valence electrons. The first-order valence-corrected chi connectivity index (χ1v) is 6.95. The van der Waals surface area contributed by atoms with E-state index in [1.165, 1.54) is 6.07 Å². The average Bonchev–Trinajstić information content (AvgIpc) is 2.30. The van der Waals surface area contributed by atoms with Crippen LogP contribution in [-0.4, -0.2) is 10.7 Å². The van der Waals surface area contributed by atoms with Gasteiger partial charge in [0.2, 0.25) is 0 Å². The molecule has 1 N–H and O–H groups in total. The second kappa shape index (κ2) is 5.07. The minimum Gasteiger partial charge on any atom is -0.390 e. The molecule has 0 atom stereocenters. The van der Waals surface area contributed by atoms with E-state index in [2.05, 4.69) is 22.9 Å². The van der Waals surface area contributed by atoms with Gasteiger partial charge < -0.3 is 5.11 Å². The Kier molecular flexibility index (Phi) is 3.88. The molecular formula is C14H18BrFO. The van der Waals surface area contributed by atoms with Crippen LogP contribution in [0.2, 0.25) is 0 Å². The topological polar surface area (TPSA) is 20.2 Å². The second-order valence-corrected chi connectivity index (χ2v) is 6.09. The summed E-state index contributed by atoms with van der Waals surface area (Å²) in [5.74, 6) is 0.446. The molecule has 2 rings (SSSR count). The van der Waals surface area contributed by atoms with Crippen molar-refractivity contribution >= 4 is 15.9 Å². The Hall–Kier alpha value is -0.410. The van der Waals surface area contributed by atoms with Crippen molar-refractivity contribution in [2.45, 2.75) is 44.6 Å². The molecule has 0 unspecified atom stereocenters. The summed E-state index contributed by atoms with van der Waals surface area (Å²) >= 11 is 3.26. The molecule has 1 saturated carbocycles. The zero-order valence-corrected chi connectivity index (χ0v) is 11.6. The molecule has 1 aliphatic rings. The maximum absolute atomic E-state index is 13.4. The van der Waals surface area contributed by atoms with E-state index in [0.29, 0.717) is 16.8 Å². The van der Waals surface area contributed by atoms with Crippen molar-refractivity contribution in [3.63, 3.8) is 0 Å². The van der Waals surface area contributed by atoms with Crippen LogP contribution < -0.4 is 0 Å². The first-order valence-electron chi connectivity index (χ1n) is 6.15. The van der Waals surface area contributed by atoms with E-state index in [1.54, 1.807) is 6.07 Å². The highest BCUT2D eigenvalue weighted by Gasteiger charge is 2.32. The molecule has 1 aromatic carbocycles. The molecule has 0 heterocycles. The van der Waals surface area contributed by atoms with Crippen LogP contribution in [0, 0.1) is 11.7 Å². The predicted octanol–water partition coefficient (Wildman–Crippen LogP) is 4.07. The molecule has 17 heavy (non-hydrogen) atoms. The van der Waals surface area contributed by atoms with Gasteiger partial charge in [0.25, 0.3) is 0 Å². The smallest absolute Gasteiger partial charge is 0.137 e. The van der Waals surface area contributed by atoms with Crippen molar-refractivity contribution in [1.29, 1.82) is 0 Å². The lowest BCUT2D eigenvalue weighted by Crippen LogP contribution is -2.35. The third-order valence-corrected chi connectivity index (χ3v) is 4.64. The van der Waals surface area contributed by atoms with E-state index in [-0.39, 0.29) is 5.82 Å². The van der Waals surface area contributed by atoms with Crippen LogP contribution >= 0.6 is 15.9 Å². The number of halogens is 2. The summed E-state index contributed by atoms with van der Waals surface area (Å²) in [5, 5.41) is 10.5. The summed E-state index contributed by atoms with van der Waals surface area (Å²) in [4.78, 5) is 0. The molecule has 0 amide bonds. The van der Waals surface area contributed by atoms with Gasteiger partial charge in [-0.1, -0.05) is 19.1 Å². The van der Waals surface area contributed by atoms with Crippen LogP contribution in [-0.2, 0) is 6.42 Å². The van der Waals surface area contributed by atoms with Gasteiger partial charge in [0.1, 0.15) is 5.82 Å². The summed E-state index contributed by atoms with van der Waals surface area (Å²) in [7, 11) is 0. The maximum Gasteiger partial charge on any atom is 0.137 e. The summed E-state index contributed by atoms with van der Waals surface area (Å²) in [6.07, 6.45) is 4.29. The lowest BCUT2D eigenvalue weighted by Gasteiger charge is -2.35. The summed E-state index contributed by atoms with van der Waals surface area (Å²) in [6, 6.07) is 5.01. The fraction of sp³-hybridized carbons (Fsp3) is 0.571. The quantitative estimate of drug-likeness (QED) is 0.873. The highest BCUT2D eigenvalue weighted by molar-refractivity contribution is 9.10. The number of aliphatic hydroxyl groups is 1. The predicted molar refractivity (Wildman–Crippen MR) is 70.4 cm³/mol. The molecule has 1 aromatic rings. The lowest BCUT2D eigenvalue weighted by molar-refractivity contribution is -0.00685. The van der Waals surface area contributed by atoms with Crippen LogP contribution in [0.5, 0.6) is 0 Å². The van der Waals surface area contributed by atoms with Gasteiger partial charge in [-0.05, 0) is 59.2 Å². The highest BCUT2D eigenvalue weighted by atomic mass is 79.9. The molecule has 0 aliphatic heterocycles. The molecule has 1 fully saturated rings. The Labute approximate surface area is 110 Å². The van der Waals surface area contributed by atoms with Gasteiger partial charge in [-0.2, -0.15) is 0 Å². The minimum absolute atomic E-state index is 0.254. The number of rotatable bonds is 2. The van der Waals surface area contributed by atoms with Crippen LogP contribution in [0.4, 0.5) is 4.39 Å². The molecule has 3 heteroatoms. The maximum atomic E-state index is 13.4. The Morgan fingerprint density at radius 3 is 2.71 bits per heavy atom. The third kappa shape index (κ3) is 3.08. The summed E-state index contributed by atoms with van der Waals surface area (Å²) in [5.41, 5.74) is 0.213. The van der Waals surface area contributed by atoms with Crippen molar-refractivity contribution in [1.82, 2.24) is 0 Å². The van der Waals surface area contributed by atoms with Gasteiger partial charge in [-0.15, -0.1) is 0 Å². The zero-order chi connectivity index (χ0) is 12.5. The lowest BCUT2D eigenvalue weighted by atomic mass is 9.76. The number of hydrogen-bond donors (Lipinski definition) is 1. The molecule has 1 aliphatic carbocycles. The average molecular weight is 301 g/mol. The van der Waals surface area contributed by atoms with Crippen molar-refractivity contribution < 1.29 is 9.50 Å². The Morgan fingerprint density at radius 1 is 1.41 bits per heavy atom. The Balaban J connectivity index is 2.12. The van der Waals surface area contributed by atoms with Gasteiger partial charge in [-0.25, -0.2) is 4.39 Å². The zero-order valence-electron chi connectivity index (χ0n) is 10.0. The molecule has 1 nitrogen and oxygen atoms in total. The second-order valence-electron chi connectivity index (χ2n) is 5.30. The van der Waals surface area contributed by atoms with E-state index < -0.39 is 5.60 Å². The molecule has 0 spiro atoms. The van der Waals surface area contributed by atoms with Crippen LogP contribution in [0.25, 0.3) is 0 Å². The van der Waals surface area contributed by atoms with Crippen LogP contribution in [0.3, 0.4) is 0 Å². The van der Waals surface area contributed by atoms with Crippen molar-refractivity contribution in [2.75, 3.05) is 0 Å². The standard InChI is InChI=1S/C14H18BrFO/c1-10-5-7-14(17,8-6-10)9-11-3-2-4-12(16)13(11)15/h2-4,10,17H,5-9H2,1H3. The van der Waals surface area contributed by atoms with E-state index in [1.807, 2.05) is 6.07 Å². The van der Waals surface area contributed by atoms with Gasteiger partial charge in [0, 0.05) is 6.42 Å². The molecule has 0 saturated heterocycles. The van der Waals surface area contributed by atoms with Crippen molar-refractivity contribution in [3.05, 3.63) is 34.1 Å². The minimum atomic E-state index is -0.650. The third-order valence-electron chi connectivity index (χ3n) is 3.76. The van der Waals surface area contributed by atoms with E-state index in [4.69, 9.17) is 0 Å². The monoisotopic (exact) mass is 300 g/mol. The van der Waals surface area contributed by atoms with Crippen LogP contribution in [0.15, 0.2) is 22.7 Å². The number of benzene rings is 1. The van der Waals surface area contributed by atoms with Gasteiger partial charge in [-0.3, -0.25) is 0 Å². The fourth-order valence-corrected chi connectivity index (χ4v) is 2.92. The largest absolute Gasteiger partial charge is 0.390 e. The number of hydrogen-bond acceptors (Lipinski definition) is 1. The first-order chi connectivity index (χ1) is 8.00. The molecule has 0 bridgehead atoms. The molecule has 0 aromatic heterocycles. The fourth-order valence-electron chi connectivity index (χ4n) is 2.52. The Bertz CT molecular complexity index is 397. The van der Waals surface area contributed by atoms with E-state index >= 15 is 0 Å². The SMILES string of the molecule is CC1CCC(O)(Cc2cccc(F)c2Br)CC1. The highest BCUT2D eigenvalue weighted by Crippen LogP contribution is 2.35. The Morgan fingerprint density at radius 2 is 2.06 bits per heavy atom. The van der Waals surface area contributed by atoms with E-state index in [9.17, 15) is 9.50 Å². The first kappa shape index (κ1) is 13.0.